The van der Waals surface area contributed by atoms with E-state index in [0.29, 0.717) is 6.42 Å². The summed E-state index contributed by atoms with van der Waals surface area (Å²) < 4.78 is 22.5. The summed E-state index contributed by atoms with van der Waals surface area (Å²) in [5, 5.41) is 2.65. The number of carbonyl (C=O) groups excluding carboxylic acids is 1. The van der Waals surface area contributed by atoms with Crippen LogP contribution in [0.2, 0.25) is 0 Å². The van der Waals surface area contributed by atoms with Gasteiger partial charge in [0.25, 0.3) is 8.53 Å². The van der Waals surface area contributed by atoms with E-state index >= 15 is 0 Å². The number of fused-ring (bicyclic) bond motifs is 1. The zero-order valence-corrected chi connectivity index (χ0v) is 19.9. The quantitative estimate of drug-likeness (QED) is 0.513. The highest BCUT2D eigenvalue weighted by Gasteiger charge is 2.54. The van der Waals surface area contributed by atoms with Crippen LogP contribution in [0.3, 0.4) is 0 Å². The fourth-order valence-corrected chi connectivity index (χ4v) is 6.51. The zero-order valence-electron chi connectivity index (χ0n) is 19.0. The largest absolute Gasteiger partial charge is 0.352 e. The highest BCUT2D eigenvalue weighted by atomic mass is 31.2. The molecule has 0 radical (unpaired) electrons. The minimum Gasteiger partial charge on any atom is -0.352 e. The molecule has 3 aliphatic heterocycles. The van der Waals surface area contributed by atoms with Crippen molar-refractivity contribution >= 4 is 20.3 Å². The van der Waals surface area contributed by atoms with Crippen LogP contribution in [0.15, 0.2) is 17.1 Å². The topological polar surface area (TPSA) is 94.9 Å². The van der Waals surface area contributed by atoms with E-state index in [0.717, 1.165) is 25.8 Å². The third-order valence-corrected chi connectivity index (χ3v) is 8.23. The smallest absolute Gasteiger partial charge is 0.351 e. The predicted molar refractivity (Wildman–Crippen MR) is 121 cm³/mol. The van der Waals surface area contributed by atoms with Crippen molar-refractivity contribution in [3.05, 3.63) is 22.7 Å². The molecule has 1 amide bonds. The third-order valence-electron chi connectivity index (χ3n) is 6.35. The maximum Gasteiger partial charge on any atom is 0.351 e. The molecular weight excluding hydrogens is 431 g/mol. The Labute approximate surface area is 189 Å². The fourth-order valence-electron chi connectivity index (χ4n) is 4.42. The minimum atomic E-state index is -1.28. The van der Waals surface area contributed by atoms with Gasteiger partial charge in [-0.1, -0.05) is 26.7 Å². The second-order valence-corrected chi connectivity index (χ2v) is 10.3. The van der Waals surface area contributed by atoms with Crippen LogP contribution in [-0.4, -0.2) is 50.5 Å². The molecule has 32 heavy (non-hydrogen) atoms. The Morgan fingerprint density at radius 2 is 2.31 bits per heavy atom. The summed E-state index contributed by atoms with van der Waals surface area (Å²) in [4.78, 5) is 28.5. The molecule has 174 valence electrons. The molecule has 0 spiro atoms. The van der Waals surface area contributed by atoms with Crippen molar-refractivity contribution in [2.75, 3.05) is 11.9 Å². The van der Waals surface area contributed by atoms with Gasteiger partial charge in [-0.25, -0.2) is 9.46 Å². The Morgan fingerprint density at radius 1 is 1.53 bits per heavy atom. The zero-order chi connectivity index (χ0) is 23.0. The van der Waals surface area contributed by atoms with E-state index in [2.05, 4.69) is 20.9 Å². The van der Waals surface area contributed by atoms with Crippen LogP contribution in [-0.2, 0) is 18.6 Å². The Balaban J connectivity index is 1.46. The first-order valence-corrected chi connectivity index (χ1v) is 12.3. The number of anilines is 1. The van der Waals surface area contributed by atoms with E-state index in [-0.39, 0.29) is 35.9 Å². The van der Waals surface area contributed by atoms with Gasteiger partial charge in [0, 0.05) is 25.1 Å². The van der Waals surface area contributed by atoms with Gasteiger partial charge in [-0.2, -0.15) is 4.98 Å². The second-order valence-electron chi connectivity index (χ2n) is 8.97. The van der Waals surface area contributed by atoms with Gasteiger partial charge in [0.2, 0.25) is 5.91 Å². The SMILES string of the molecule is C#C[C@@]1(C)O[P@](OC2C[C@H](n3ccc(NC(=O)C(C)C)nc3=O)O[C@@H]2CC)N2CCC[C@H]21. The standard InChI is InChI=1S/C22H31N4O5P/c1-6-15-16(30-32-26-11-8-9-17(26)22(5,7-2)31-32)13-19(29-15)25-12-10-18(24-21(25)28)23-20(27)14(3)4/h2,10,12,14-17,19H,6,8-9,11,13H2,1,3-5H3,(H,23,24,27,28)/t15-,16?,17+,19-,22-,32+/m1/s1. The van der Waals surface area contributed by atoms with Gasteiger partial charge in [0.05, 0.1) is 18.2 Å². The Bertz CT molecular complexity index is 962. The minimum absolute atomic E-state index is 0.169. The molecule has 6 atom stereocenters. The van der Waals surface area contributed by atoms with E-state index in [9.17, 15) is 9.59 Å². The molecule has 1 aromatic rings. The maximum absolute atomic E-state index is 12.6. The molecule has 0 aliphatic carbocycles. The molecule has 4 rings (SSSR count). The first kappa shape index (κ1) is 23.3. The number of amides is 1. The number of nitrogens with one attached hydrogen (secondary N) is 1. The first-order valence-electron chi connectivity index (χ1n) is 11.2. The van der Waals surface area contributed by atoms with Gasteiger partial charge in [-0.3, -0.25) is 9.36 Å². The second kappa shape index (κ2) is 9.20. The lowest BCUT2D eigenvalue weighted by atomic mass is 9.96. The van der Waals surface area contributed by atoms with E-state index in [1.54, 1.807) is 26.1 Å². The van der Waals surface area contributed by atoms with Crippen molar-refractivity contribution < 1.29 is 18.6 Å². The van der Waals surface area contributed by atoms with Crippen molar-refractivity contribution in [1.29, 1.82) is 0 Å². The molecule has 9 nitrogen and oxygen atoms in total. The van der Waals surface area contributed by atoms with E-state index in [1.165, 1.54) is 4.57 Å². The van der Waals surface area contributed by atoms with Crippen molar-refractivity contribution in [2.45, 2.75) is 83.5 Å². The van der Waals surface area contributed by atoms with Gasteiger partial charge < -0.3 is 19.1 Å². The Morgan fingerprint density at radius 3 is 2.97 bits per heavy atom. The lowest BCUT2D eigenvalue weighted by molar-refractivity contribution is -0.118. The van der Waals surface area contributed by atoms with Crippen LogP contribution in [0, 0.1) is 18.3 Å². The number of hydrogen-bond acceptors (Lipinski definition) is 7. The molecule has 3 aliphatic rings. The number of aromatic nitrogens is 2. The number of ether oxygens (including phenoxy) is 1. The third kappa shape index (κ3) is 4.35. The summed E-state index contributed by atoms with van der Waals surface area (Å²) in [6.45, 7) is 8.45. The Kier molecular flexibility index (Phi) is 6.71. The highest BCUT2D eigenvalue weighted by Crippen LogP contribution is 2.61. The molecule has 3 saturated heterocycles. The summed E-state index contributed by atoms with van der Waals surface area (Å²) in [6.07, 6.45) is 9.83. The van der Waals surface area contributed by atoms with Gasteiger partial charge in [0.15, 0.2) is 0 Å². The van der Waals surface area contributed by atoms with Crippen LogP contribution in [0.1, 0.15) is 59.6 Å². The van der Waals surface area contributed by atoms with Gasteiger partial charge in [0.1, 0.15) is 17.6 Å². The fraction of sp³-hybridized carbons (Fsp3) is 0.682. The van der Waals surface area contributed by atoms with Gasteiger partial charge >= 0.3 is 5.69 Å². The van der Waals surface area contributed by atoms with E-state index in [1.807, 2.05) is 13.8 Å². The summed E-state index contributed by atoms with van der Waals surface area (Å²) in [5.74, 6) is 2.66. The van der Waals surface area contributed by atoms with E-state index < -0.39 is 26.0 Å². The summed E-state index contributed by atoms with van der Waals surface area (Å²) in [5.41, 5.74) is -1.12. The maximum atomic E-state index is 12.6. The molecule has 4 heterocycles. The summed E-state index contributed by atoms with van der Waals surface area (Å²) in [7, 11) is -1.28. The van der Waals surface area contributed by atoms with Crippen LogP contribution in [0.5, 0.6) is 0 Å². The van der Waals surface area contributed by atoms with Crippen LogP contribution >= 0.6 is 8.53 Å². The first-order chi connectivity index (χ1) is 15.3. The van der Waals surface area contributed by atoms with Crippen molar-refractivity contribution in [2.24, 2.45) is 5.92 Å². The highest BCUT2D eigenvalue weighted by molar-refractivity contribution is 7.45. The molecule has 0 bridgehead atoms. The van der Waals surface area contributed by atoms with Crippen LogP contribution in [0.25, 0.3) is 0 Å². The summed E-state index contributed by atoms with van der Waals surface area (Å²) in [6, 6.07) is 1.79. The number of hydrogen-bond donors (Lipinski definition) is 1. The lowest BCUT2D eigenvalue weighted by Crippen LogP contribution is -2.37. The lowest BCUT2D eigenvalue weighted by Gasteiger charge is -2.24. The average molecular weight is 462 g/mol. The normalized spacial score (nSPS) is 34.6. The molecule has 0 saturated carbocycles. The molecule has 1 N–H and O–H groups in total. The van der Waals surface area contributed by atoms with Crippen molar-refractivity contribution in [3.8, 4) is 12.3 Å². The number of terminal acetylenes is 1. The van der Waals surface area contributed by atoms with Crippen molar-refractivity contribution in [3.63, 3.8) is 0 Å². The monoisotopic (exact) mass is 462 g/mol. The number of rotatable bonds is 6. The summed E-state index contributed by atoms with van der Waals surface area (Å²) >= 11 is 0. The molecule has 1 aromatic heterocycles. The Hall–Kier alpha value is -1.82. The van der Waals surface area contributed by atoms with Crippen LogP contribution in [0.4, 0.5) is 5.82 Å². The van der Waals surface area contributed by atoms with Gasteiger partial charge in [-0.05, 0) is 32.3 Å². The number of carbonyl (C=O) groups is 1. The molecule has 1 unspecified atom stereocenters. The molecule has 0 aromatic carbocycles. The predicted octanol–water partition coefficient (Wildman–Crippen LogP) is 3.03. The van der Waals surface area contributed by atoms with Gasteiger partial charge in [-0.15, -0.1) is 6.42 Å². The molecule has 3 fully saturated rings. The molecular formula is C22H31N4O5P. The molecule has 10 heteroatoms. The van der Waals surface area contributed by atoms with Crippen LogP contribution < -0.4 is 11.0 Å². The van der Waals surface area contributed by atoms with Crippen molar-refractivity contribution in [1.82, 2.24) is 14.2 Å². The number of nitrogens with zero attached hydrogens (tertiary/aromatic N) is 3. The van der Waals surface area contributed by atoms with E-state index in [4.69, 9.17) is 20.2 Å². The average Bonchev–Trinajstić information content (AvgIpc) is 3.45.